The summed E-state index contributed by atoms with van der Waals surface area (Å²) in [6, 6.07) is 11.3. The highest BCUT2D eigenvalue weighted by Gasteiger charge is 2.28. The van der Waals surface area contributed by atoms with Gasteiger partial charge < -0.3 is 15.0 Å². The minimum absolute atomic E-state index is 0. The number of halogens is 1. The second-order valence-electron chi connectivity index (χ2n) is 6.34. The van der Waals surface area contributed by atoms with Crippen molar-refractivity contribution in [3.8, 4) is 0 Å². The second-order valence-corrected chi connectivity index (χ2v) is 6.34. The first-order chi connectivity index (χ1) is 11.7. The molecule has 0 amide bonds. The predicted molar refractivity (Wildman–Crippen MR) is 116 cm³/mol. The first-order valence-corrected chi connectivity index (χ1v) is 9.01. The van der Waals surface area contributed by atoms with Crippen molar-refractivity contribution in [3.63, 3.8) is 0 Å². The summed E-state index contributed by atoms with van der Waals surface area (Å²) in [5.74, 6) is 0.976. The van der Waals surface area contributed by atoms with E-state index in [2.05, 4.69) is 59.4 Å². The number of hydrogen-bond acceptors (Lipinski definition) is 3. The topological polar surface area (TPSA) is 40.1 Å². The smallest absolute Gasteiger partial charge is 0.194 e. The van der Waals surface area contributed by atoms with Crippen molar-refractivity contribution in [2.45, 2.75) is 32.4 Å². The summed E-state index contributed by atoms with van der Waals surface area (Å²) in [5.41, 5.74) is 1.30. The van der Waals surface area contributed by atoms with Gasteiger partial charge in [0.05, 0.1) is 13.2 Å². The molecule has 0 saturated heterocycles. The van der Waals surface area contributed by atoms with Crippen LogP contribution in [0.2, 0.25) is 0 Å². The van der Waals surface area contributed by atoms with Crippen molar-refractivity contribution in [2.75, 3.05) is 46.9 Å². The molecule has 1 fully saturated rings. The molecule has 5 nitrogen and oxygen atoms in total. The quantitative estimate of drug-likeness (QED) is 0.331. The van der Waals surface area contributed by atoms with Crippen molar-refractivity contribution >= 4 is 29.9 Å². The van der Waals surface area contributed by atoms with Gasteiger partial charge in [0, 0.05) is 46.4 Å². The van der Waals surface area contributed by atoms with Gasteiger partial charge in [-0.25, -0.2) is 0 Å². The van der Waals surface area contributed by atoms with Gasteiger partial charge >= 0.3 is 0 Å². The molecule has 0 aliphatic heterocycles. The van der Waals surface area contributed by atoms with Crippen molar-refractivity contribution in [1.82, 2.24) is 15.1 Å². The van der Waals surface area contributed by atoms with Crippen LogP contribution in [0, 0.1) is 0 Å². The number of guanidine groups is 1. The molecule has 0 spiro atoms. The Hall–Kier alpha value is -0.860. The molecule has 142 valence electrons. The maximum absolute atomic E-state index is 5.22. The number of ether oxygens (including phenoxy) is 1. The molecule has 1 N–H and O–H groups in total. The summed E-state index contributed by atoms with van der Waals surface area (Å²) < 4.78 is 5.22. The lowest BCUT2D eigenvalue weighted by Crippen LogP contribution is -2.39. The normalized spacial score (nSPS) is 14.3. The standard InChI is InChI=1S/C19H32N4O.HI/c1-4-20-19(22(2)16-17-8-6-5-7-9-17)21-12-13-23(14-15-24-3)18-10-11-18;/h5-9,18H,4,10-16H2,1-3H3,(H,20,21);1H. The highest BCUT2D eigenvalue weighted by molar-refractivity contribution is 14.0. The van der Waals surface area contributed by atoms with E-state index in [1.165, 1.54) is 18.4 Å². The van der Waals surface area contributed by atoms with Crippen LogP contribution in [-0.4, -0.2) is 68.7 Å². The Morgan fingerprint density at radius 3 is 2.56 bits per heavy atom. The van der Waals surface area contributed by atoms with Gasteiger partial charge in [-0.3, -0.25) is 9.89 Å². The van der Waals surface area contributed by atoms with E-state index in [1.54, 1.807) is 7.11 Å². The second kappa shape index (κ2) is 12.5. The average Bonchev–Trinajstić information content (AvgIpc) is 3.42. The van der Waals surface area contributed by atoms with Gasteiger partial charge in [0.2, 0.25) is 0 Å². The molecule has 2 rings (SSSR count). The number of rotatable bonds is 10. The largest absolute Gasteiger partial charge is 0.383 e. The summed E-state index contributed by atoms with van der Waals surface area (Å²) >= 11 is 0. The average molecular weight is 460 g/mol. The van der Waals surface area contributed by atoms with E-state index in [9.17, 15) is 0 Å². The fourth-order valence-electron chi connectivity index (χ4n) is 2.81. The monoisotopic (exact) mass is 460 g/mol. The molecule has 1 aromatic rings. The van der Waals surface area contributed by atoms with Gasteiger partial charge in [0.15, 0.2) is 5.96 Å². The molecular formula is C19H33IN4O. The molecule has 1 aliphatic rings. The highest BCUT2D eigenvalue weighted by Crippen LogP contribution is 2.26. The van der Waals surface area contributed by atoms with Crippen LogP contribution in [0.15, 0.2) is 35.3 Å². The molecule has 1 aromatic carbocycles. The predicted octanol–water partition coefficient (Wildman–Crippen LogP) is 2.81. The van der Waals surface area contributed by atoms with Gasteiger partial charge in [0.1, 0.15) is 0 Å². The fraction of sp³-hybridized carbons (Fsp3) is 0.632. The summed E-state index contributed by atoms with van der Waals surface area (Å²) in [6.45, 7) is 7.49. The zero-order valence-corrected chi connectivity index (χ0v) is 18.1. The zero-order valence-electron chi connectivity index (χ0n) is 15.8. The Morgan fingerprint density at radius 1 is 1.24 bits per heavy atom. The van der Waals surface area contributed by atoms with Crippen LogP contribution < -0.4 is 5.32 Å². The van der Waals surface area contributed by atoms with E-state index in [1.807, 2.05) is 0 Å². The maximum Gasteiger partial charge on any atom is 0.194 e. The van der Waals surface area contributed by atoms with E-state index in [4.69, 9.17) is 9.73 Å². The number of benzene rings is 1. The van der Waals surface area contributed by atoms with Crippen LogP contribution in [0.25, 0.3) is 0 Å². The lowest BCUT2D eigenvalue weighted by Gasteiger charge is -2.24. The number of nitrogens with one attached hydrogen (secondary N) is 1. The molecule has 0 bridgehead atoms. The van der Waals surface area contributed by atoms with Crippen LogP contribution in [0.5, 0.6) is 0 Å². The zero-order chi connectivity index (χ0) is 17.2. The van der Waals surface area contributed by atoms with Crippen molar-refractivity contribution in [2.24, 2.45) is 4.99 Å². The molecule has 6 heteroatoms. The SMILES string of the molecule is CCNC(=NCCN(CCOC)C1CC1)N(C)Cc1ccccc1.I. The third-order valence-electron chi connectivity index (χ3n) is 4.25. The Kier molecular flexibility index (Phi) is 11.1. The minimum atomic E-state index is 0. The summed E-state index contributed by atoms with van der Waals surface area (Å²) in [7, 11) is 3.86. The lowest BCUT2D eigenvalue weighted by molar-refractivity contribution is 0.145. The molecule has 25 heavy (non-hydrogen) atoms. The van der Waals surface area contributed by atoms with Crippen LogP contribution in [-0.2, 0) is 11.3 Å². The van der Waals surface area contributed by atoms with Crippen LogP contribution >= 0.6 is 24.0 Å². The number of nitrogens with zero attached hydrogens (tertiary/aromatic N) is 3. The van der Waals surface area contributed by atoms with E-state index < -0.39 is 0 Å². The number of methoxy groups -OCH3 is 1. The van der Waals surface area contributed by atoms with E-state index in [0.29, 0.717) is 0 Å². The van der Waals surface area contributed by atoms with Crippen molar-refractivity contribution in [3.05, 3.63) is 35.9 Å². The van der Waals surface area contributed by atoms with E-state index >= 15 is 0 Å². The minimum Gasteiger partial charge on any atom is -0.383 e. The first kappa shape index (κ1) is 22.2. The van der Waals surface area contributed by atoms with Crippen molar-refractivity contribution in [1.29, 1.82) is 0 Å². The molecule has 0 unspecified atom stereocenters. The van der Waals surface area contributed by atoms with Crippen LogP contribution in [0.1, 0.15) is 25.3 Å². The molecule has 0 aromatic heterocycles. The number of hydrogen-bond donors (Lipinski definition) is 1. The Morgan fingerprint density at radius 2 is 1.96 bits per heavy atom. The van der Waals surface area contributed by atoms with Gasteiger partial charge in [-0.05, 0) is 25.3 Å². The summed E-state index contributed by atoms with van der Waals surface area (Å²) in [4.78, 5) is 9.51. The molecule has 0 atom stereocenters. The highest BCUT2D eigenvalue weighted by atomic mass is 127. The molecule has 1 saturated carbocycles. The van der Waals surface area contributed by atoms with E-state index in [-0.39, 0.29) is 24.0 Å². The van der Waals surface area contributed by atoms with Crippen LogP contribution in [0.3, 0.4) is 0 Å². The summed E-state index contributed by atoms with van der Waals surface area (Å²) in [5, 5.41) is 3.40. The van der Waals surface area contributed by atoms with E-state index in [0.717, 1.165) is 51.3 Å². The van der Waals surface area contributed by atoms with Crippen LogP contribution in [0.4, 0.5) is 0 Å². The molecule has 1 aliphatic carbocycles. The summed E-state index contributed by atoms with van der Waals surface area (Å²) in [6.07, 6.45) is 2.64. The Balaban J connectivity index is 0.00000312. The van der Waals surface area contributed by atoms with Gasteiger partial charge in [0.25, 0.3) is 0 Å². The third kappa shape index (κ3) is 8.37. The Labute approximate surface area is 169 Å². The molecule has 0 radical (unpaired) electrons. The molecular weight excluding hydrogens is 427 g/mol. The molecule has 0 heterocycles. The fourth-order valence-corrected chi connectivity index (χ4v) is 2.81. The maximum atomic E-state index is 5.22. The van der Waals surface area contributed by atoms with Gasteiger partial charge in [-0.2, -0.15) is 0 Å². The Bertz CT molecular complexity index is 493. The lowest BCUT2D eigenvalue weighted by atomic mass is 10.2. The third-order valence-corrected chi connectivity index (χ3v) is 4.25. The number of aliphatic imine (C=N–C) groups is 1. The van der Waals surface area contributed by atoms with Crippen molar-refractivity contribution < 1.29 is 4.74 Å². The van der Waals surface area contributed by atoms with Gasteiger partial charge in [-0.1, -0.05) is 30.3 Å². The van der Waals surface area contributed by atoms with Gasteiger partial charge in [-0.15, -0.1) is 24.0 Å². The first-order valence-electron chi connectivity index (χ1n) is 9.01.